The smallest absolute Gasteiger partial charge is 0.234 e. The van der Waals surface area contributed by atoms with Crippen molar-refractivity contribution in [3.8, 4) is 0 Å². The van der Waals surface area contributed by atoms with Gasteiger partial charge < -0.3 is 5.32 Å². The van der Waals surface area contributed by atoms with Gasteiger partial charge in [-0.25, -0.2) is 12.7 Å². The van der Waals surface area contributed by atoms with Gasteiger partial charge in [0.1, 0.15) is 0 Å². The van der Waals surface area contributed by atoms with Crippen LogP contribution in [0.3, 0.4) is 0 Å². The Labute approximate surface area is 122 Å². The van der Waals surface area contributed by atoms with Crippen LogP contribution in [0.2, 0.25) is 0 Å². The van der Waals surface area contributed by atoms with E-state index in [1.165, 1.54) is 10.6 Å². The lowest BCUT2D eigenvalue weighted by atomic mass is 9.97. The predicted octanol–water partition coefficient (Wildman–Crippen LogP) is 0.114. The lowest BCUT2D eigenvalue weighted by Crippen LogP contribution is -2.44. The van der Waals surface area contributed by atoms with Crippen LogP contribution in [-0.4, -0.2) is 69.1 Å². The number of piperidine rings is 1. The minimum atomic E-state index is -3.09. The monoisotopic (exact) mass is 305 g/mol. The van der Waals surface area contributed by atoms with Gasteiger partial charge in [0.25, 0.3) is 0 Å². The Morgan fingerprint density at radius 3 is 2.35 bits per heavy atom. The fourth-order valence-corrected chi connectivity index (χ4v) is 2.88. The van der Waals surface area contributed by atoms with Crippen LogP contribution < -0.4 is 5.32 Å². The molecule has 6 nitrogen and oxygen atoms in total. The van der Waals surface area contributed by atoms with Crippen LogP contribution in [0.1, 0.15) is 26.7 Å². The molecule has 1 aliphatic rings. The second kappa shape index (κ2) is 7.38. The summed E-state index contributed by atoms with van der Waals surface area (Å²) in [5.41, 5.74) is 0. The molecule has 1 heterocycles. The number of carbonyl (C=O) groups is 1. The third kappa shape index (κ3) is 6.19. The van der Waals surface area contributed by atoms with E-state index in [0.717, 1.165) is 25.9 Å². The van der Waals surface area contributed by atoms with Gasteiger partial charge in [0, 0.05) is 19.6 Å². The van der Waals surface area contributed by atoms with Gasteiger partial charge in [0.2, 0.25) is 15.9 Å². The van der Waals surface area contributed by atoms with Gasteiger partial charge >= 0.3 is 0 Å². The van der Waals surface area contributed by atoms with Gasteiger partial charge in [0.15, 0.2) is 0 Å². The molecular formula is C13H27N3O3S. The van der Waals surface area contributed by atoms with Gasteiger partial charge in [-0.15, -0.1) is 0 Å². The molecule has 1 amide bonds. The van der Waals surface area contributed by atoms with Crippen molar-refractivity contribution in [2.24, 2.45) is 5.92 Å². The number of carbonyl (C=O) groups excluding carboxylic acids is 1. The van der Waals surface area contributed by atoms with Gasteiger partial charge in [0.05, 0.1) is 12.8 Å². The van der Waals surface area contributed by atoms with Crippen molar-refractivity contribution < 1.29 is 13.2 Å². The standard InChI is InChI=1S/C13H27N3O3S/c1-11(2)14-13(17)10-16-7-5-12(6-8-16)9-15(3)20(4,18)19/h11-12H,5-10H2,1-4H3,(H,14,17). The summed E-state index contributed by atoms with van der Waals surface area (Å²) >= 11 is 0. The largest absolute Gasteiger partial charge is 0.353 e. The van der Waals surface area contributed by atoms with E-state index in [9.17, 15) is 13.2 Å². The maximum Gasteiger partial charge on any atom is 0.234 e. The zero-order chi connectivity index (χ0) is 15.3. The molecule has 0 unspecified atom stereocenters. The zero-order valence-electron chi connectivity index (χ0n) is 12.9. The maximum absolute atomic E-state index is 11.7. The van der Waals surface area contributed by atoms with Crippen molar-refractivity contribution in [3.63, 3.8) is 0 Å². The molecule has 0 radical (unpaired) electrons. The van der Waals surface area contributed by atoms with Crippen molar-refractivity contribution in [1.29, 1.82) is 0 Å². The quantitative estimate of drug-likeness (QED) is 0.756. The van der Waals surface area contributed by atoms with Crippen molar-refractivity contribution in [1.82, 2.24) is 14.5 Å². The molecule has 1 N–H and O–H groups in total. The third-order valence-corrected chi connectivity index (χ3v) is 4.89. The highest BCUT2D eigenvalue weighted by Gasteiger charge is 2.24. The number of nitrogens with one attached hydrogen (secondary N) is 1. The van der Waals surface area contributed by atoms with E-state index in [0.29, 0.717) is 19.0 Å². The van der Waals surface area contributed by atoms with E-state index in [4.69, 9.17) is 0 Å². The first kappa shape index (κ1) is 17.4. The fourth-order valence-electron chi connectivity index (χ4n) is 2.40. The molecule has 118 valence electrons. The van der Waals surface area contributed by atoms with Crippen molar-refractivity contribution >= 4 is 15.9 Å². The van der Waals surface area contributed by atoms with Gasteiger partial charge in [-0.1, -0.05) is 0 Å². The van der Waals surface area contributed by atoms with Gasteiger partial charge in [-0.3, -0.25) is 9.69 Å². The lowest BCUT2D eigenvalue weighted by Gasteiger charge is -2.33. The predicted molar refractivity (Wildman–Crippen MR) is 79.9 cm³/mol. The molecule has 1 saturated heterocycles. The molecular weight excluding hydrogens is 278 g/mol. The van der Waals surface area contributed by atoms with Crippen molar-refractivity contribution in [2.45, 2.75) is 32.7 Å². The van der Waals surface area contributed by atoms with Crippen LogP contribution in [0, 0.1) is 5.92 Å². The summed E-state index contributed by atoms with van der Waals surface area (Å²) in [6.07, 6.45) is 3.11. The van der Waals surface area contributed by atoms with E-state index in [-0.39, 0.29) is 11.9 Å². The molecule has 0 aromatic carbocycles. The first-order valence-electron chi connectivity index (χ1n) is 7.11. The molecule has 20 heavy (non-hydrogen) atoms. The molecule has 0 aliphatic carbocycles. The Bertz CT molecular complexity index is 415. The maximum atomic E-state index is 11.7. The first-order valence-corrected chi connectivity index (χ1v) is 8.96. The average Bonchev–Trinajstić information content (AvgIpc) is 2.29. The number of rotatable bonds is 6. The number of hydrogen-bond acceptors (Lipinski definition) is 4. The SMILES string of the molecule is CC(C)NC(=O)CN1CCC(CN(C)S(C)(=O)=O)CC1. The van der Waals surface area contributed by atoms with Crippen LogP contribution >= 0.6 is 0 Å². The van der Waals surface area contributed by atoms with Crippen molar-refractivity contribution in [2.75, 3.05) is 39.5 Å². The normalized spacial score (nSPS) is 18.7. The molecule has 0 bridgehead atoms. The minimum Gasteiger partial charge on any atom is -0.353 e. The Kier molecular flexibility index (Phi) is 6.42. The van der Waals surface area contributed by atoms with Crippen molar-refractivity contribution in [3.05, 3.63) is 0 Å². The molecule has 1 fully saturated rings. The number of likely N-dealkylation sites (tertiary alicyclic amines) is 1. The van der Waals surface area contributed by atoms with Gasteiger partial charge in [-0.05, 0) is 45.7 Å². The summed E-state index contributed by atoms with van der Waals surface area (Å²) < 4.78 is 24.2. The summed E-state index contributed by atoms with van der Waals surface area (Å²) in [7, 11) is -1.47. The molecule has 0 spiro atoms. The van der Waals surface area contributed by atoms with E-state index >= 15 is 0 Å². The van der Waals surface area contributed by atoms with Crippen LogP contribution in [0.15, 0.2) is 0 Å². The molecule has 7 heteroatoms. The number of nitrogens with zero attached hydrogens (tertiary/aromatic N) is 2. The zero-order valence-corrected chi connectivity index (χ0v) is 13.7. The summed E-state index contributed by atoms with van der Waals surface area (Å²) in [4.78, 5) is 13.8. The third-order valence-electron chi connectivity index (χ3n) is 3.61. The van der Waals surface area contributed by atoms with E-state index < -0.39 is 10.0 Å². The molecule has 0 aromatic heterocycles. The van der Waals surface area contributed by atoms with Gasteiger partial charge in [-0.2, -0.15) is 0 Å². The van der Waals surface area contributed by atoms with E-state index in [1.54, 1.807) is 7.05 Å². The van der Waals surface area contributed by atoms with Crippen LogP contribution in [0.25, 0.3) is 0 Å². The highest BCUT2D eigenvalue weighted by atomic mass is 32.2. The average molecular weight is 305 g/mol. The summed E-state index contributed by atoms with van der Waals surface area (Å²) in [6.45, 7) is 6.62. The van der Waals surface area contributed by atoms with Crippen LogP contribution in [0.4, 0.5) is 0 Å². The second-order valence-electron chi connectivity index (χ2n) is 5.99. The summed E-state index contributed by atoms with van der Waals surface area (Å²) in [5, 5.41) is 2.89. The highest BCUT2D eigenvalue weighted by molar-refractivity contribution is 7.88. The lowest BCUT2D eigenvalue weighted by molar-refractivity contribution is -0.123. The molecule has 0 aromatic rings. The summed E-state index contributed by atoms with van der Waals surface area (Å²) in [6, 6.07) is 0.170. The number of sulfonamides is 1. The van der Waals surface area contributed by atoms with Crippen LogP contribution in [0.5, 0.6) is 0 Å². The Morgan fingerprint density at radius 2 is 1.90 bits per heavy atom. The Balaban J connectivity index is 2.32. The Morgan fingerprint density at radius 1 is 1.35 bits per heavy atom. The number of amides is 1. The molecule has 0 atom stereocenters. The second-order valence-corrected chi connectivity index (χ2v) is 8.07. The van der Waals surface area contributed by atoms with E-state index in [2.05, 4.69) is 10.2 Å². The first-order chi connectivity index (χ1) is 9.18. The summed E-state index contributed by atoms with van der Waals surface area (Å²) in [5.74, 6) is 0.450. The fraction of sp³-hybridized carbons (Fsp3) is 0.923. The molecule has 1 aliphatic heterocycles. The number of hydrogen-bond donors (Lipinski definition) is 1. The van der Waals surface area contributed by atoms with E-state index in [1.807, 2.05) is 13.8 Å². The topological polar surface area (TPSA) is 69.7 Å². The Hall–Kier alpha value is -0.660. The molecule has 1 rings (SSSR count). The minimum absolute atomic E-state index is 0.0618. The van der Waals surface area contributed by atoms with Crippen LogP contribution in [-0.2, 0) is 14.8 Å². The molecule has 0 saturated carbocycles. The highest BCUT2D eigenvalue weighted by Crippen LogP contribution is 2.18.